The van der Waals surface area contributed by atoms with Crippen molar-refractivity contribution in [3.63, 3.8) is 0 Å². The van der Waals surface area contributed by atoms with E-state index in [2.05, 4.69) is 20.2 Å². The average Bonchev–Trinajstić information content (AvgIpc) is 2.80. The van der Waals surface area contributed by atoms with Crippen LogP contribution in [0.25, 0.3) is 11.2 Å². The summed E-state index contributed by atoms with van der Waals surface area (Å²) in [5.74, 6) is 0. The normalized spacial score (nSPS) is 18.2. The summed E-state index contributed by atoms with van der Waals surface area (Å²) < 4.78 is 6.88. The van der Waals surface area contributed by atoms with Gasteiger partial charge in [-0.1, -0.05) is 0 Å². The maximum Gasteiger partial charge on any atom is 0.407 e. The highest BCUT2D eigenvalue weighted by Crippen LogP contribution is 2.27. The number of amides is 1. The monoisotopic (exact) mass is 361 g/mol. The number of carbonyl (C=O) groups is 1. The molecule has 0 radical (unpaired) electrons. The predicted octanol–water partition coefficient (Wildman–Crippen LogP) is 2.06. The number of piperidine rings is 1. The standard InChI is InChI=1S/C18H27N5O3/c1-11-9-13(14-15(19-11)22(5)16(24)21-14)23-8-6-7-12(10-23)20-17(25)26-18(2,3)4/h9,12H,6-8,10H2,1-5H3,(H,20,25)(H,21,24). The molecule has 0 saturated carbocycles. The first kappa shape index (κ1) is 18.3. The zero-order chi connectivity index (χ0) is 19.1. The Balaban J connectivity index is 1.82. The molecule has 142 valence electrons. The zero-order valence-corrected chi connectivity index (χ0v) is 16.0. The van der Waals surface area contributed by atoms with E-state index in [1.165, 1.54) is 4.57 Å². The van der Waals surface area contributed by atoms with E-state index >= 15 is 0 Å². The largest absolute Gasteiger partial charge is 0.444 e. The quantitative estimate of drug-likeness (QED) is 0.854. The van der Waals surface area contributed by atoms with Crippen LogP contribution in [0.2, 0.25) is 0 Å². The fourth-order valence-electron chi connectivity index (χ4n) is 3.33. The van der Waals surface area contributed by atoms with Gasteiger partial charge >= 0.3 is 11.8 Å². The molecule has 1 fully saturated rings. The van der Waals surface area contributed by atoms with E-state index in [1.54, 1.807) is 7.05 Å². The minimum atomic E-state index is -0.518. The summed E-state index contributed by atoms with van der Waals surface area (Å²) in [6.07, 6.45) is 1.45. The Morgan fingerprint density at radius 2 is 2.15 bits per heavy atom. The molecule has 1 saturated heterocycles. The molecule has 3 heterocycles. The van der Waals surface area contributed by atoms with Gasteiger partial charge in [0.1, 0.15) is 11.1 Å². The number of carbonyl (C=O) groups excluding carboxylic acids is 1. The van der Waals surface area contributed by atoms with Crippen molar-refractivity contribution in [1.82, 2.24) is 19.9 Å². The van der Waals surface area contributed by atoms with Gasteiger partial charge in [-0.25, -0.2) is 14.6 Å². The number of H-pyrrole nitrogens is 1. The van der Waals surface area contributed by atoms with Gasteiger partial charge in [-0.2, -0.15) is 0 Å². The maximum atomic E-state index is 12.1. The maximum absolute atomic E-state index is 12.1. The number of rotatable bonds is 2. The fourth-order valence-corrected chi connectivity index (χ4v) is 3.33. The molecule has 2 aromatic heterocycles. The number of aryl methyl sites for hydroxylation is 2. The fraction of sp³-hybridized carbons (Fsp3) is 0.611. The summed E-state index contributed by atoms with van der Waals surface area (Å²) in [5, 5.41) is 2.96. The number of hydrogen-bond acceptors (Lipinski definition) is 5. The molecule has 8 nitrogen and oxygen atoms in total. The topological polar surface area (TPSA) is 92.3 Å². The van der Waals surface area contributed by atoms with Gasteiger partial charge in [0.15, 0.2) is 5.65 Å². The van der Waals surface area contributed by atoms with E-state index in [1.807, 2.05) is 33.8 Å². The summed E-state index contributed by atoms with van der Waals surface area (Å²) in [7, 11) is 1.71. The number of aromatic nitrogens is 3. The van der Waals surface area contributed by atoms with Gasteiger partial charge in [-0.15, -0.1) is 0 Å². The molecule has 1 aliphatic heterocycles. The Hall–Kier alpha value is -2.51. The molecule has 3 rings (SSSR count). The Labute approximate surface area is 152 Å². The van der Waals surface area contributed by atoms with Crippen LogP contribution in [0.15, 0.2) is 10.9 Å². The number of fused-ring (bicyclic) bond motifs is 1. The summed E-state index contributed by atoms with van der Waals surface area (Å²) in [5.41, 5.74) is 2.48. The molecule has 1 unspecified atom stereocenters. The van der Waals surface area contributed by atoms with E-state index < -0.39 is 11.7 Å². The second kappa shape index (κ2) is 6.66. The first-order valence-electron chi connectivity index (χ1n) is 8.95. The lowest BCUT2D eigenvalue weighted by Gasteiger charge is -2.35. The van der Waals surface area contributed by atoms with Crippen molar-refractivity contribution in [3.8, 4) is 0 Å². The molecular weight excluding hydrogens is 334 g/mol. The van der Waals surface area contributed by atoms with Crippen LogP contribution in [-0.2, 0) is 11.8 Å². The third-order valence-electron chi connectivity index (χ3n) is 4.44. The van der Waals surface area contributed by atoms with Gasteiger partial charge in [0.2, 0.25) is 0 Å². The minimum absolute atomic E-state index is 0.00226. The van der Waals surface area contributed by atoms with Crippen LogP contribution in [0.3, 0.4) is 0 Å². The number of hydrogen-bond donors (Lipinski definition) is 2. The van der Waals surface area contributed by atoms with Gasteiger partial charge in [-0.05, 0) is 46.6 Å². The van der Waals surface area contributed by atoms with Gasteiger partial charge in [0.05, 0.1) is 5.69 Å². The van der Waals surface area contributed by atoms with Crippen molar-refractivity contribution in [2.75, 3.05) is 18.0 Å². The average molecular weight is 361 g/mol. The summed E-state index contributed by atoms with van der Waals surface area (Å²) in [6.45, 7) is 8.99. The number of nitrogens with zero attached hydrogens (tertiary/aromatic N) is 3. The van der Waals surface area contributed by atoms with E-state index in [9.17, 15) is 9.59 Å². The first-order chi connectivity index (χ1) is 12.1. The molecule has 1 aliphatic rings. The Bertz CT molecular complexity index is 877. The molecule has 26 heavy (non-hydrogen) atoms. The van der Waals surface area contributed by atoms with Crippen LogP contribution < -0.4 is 15.9 Å². The smallest absolute Gasteiger partial charge is 0.407 e. The highest BCUT2D eigenvalue weighted by Gasteiger charge is 2.26. The summed E-state index contributed by atoms with van der Waals surface area (Å²) in [4.78, 5) is 33.6. The molecule has 8 heteroatoms. The van der Waals surface area contributed by atoms with Gasteiger partial charge < -0.3 is 19.9 Å². The van der Waals surface area contributed by atoms with Crippen LogP contribution in [0.5, 0.6) is 0 Å². The lowest BCUT2D eigenvalue weighted by atomic mass is 10.0. The van der Waals surface area contributed by atoms with Crippen LogP contribution in [0, 0.1) is 6.92 Å². The van der Waals surface area contributed by atoms with Crippen LogP contribution in [0.1, 0.15) is 39.3 Å². The third-order valence-corrected chi connectivity index (χ3v) is 4.44. The third kappa shape index (κ3) is 3.84. The lowest BCUT2D eigenvalue weighted by Crippen LogP contribution is -2.49. The number of anilines is 1. The van der Waals surface area contributed by atoms with Gasteiger partial charge in [-0.3, -0.25) is 4.57 Å². The number of pyridine rings is 1. The number of ether oxygens (including phenoxy) is 1. The highest BCUT2D eigenvalue weighted by molar-refractivity contribution is 5.86. The van der Waals surface area contributed by atoms with E-state index in [0.717, 1.165) is 36.3 Å². The van der Waals surface area contributed by atoms with Crippen LogP contribution in [-0.4, -0.2) is 45.4 Å². The van der Waals surface area contributed by atoms with Gasteiger partial charge in [0.25, 0.3) is 0 Å². The van der Waals surface area contributed by atoms with Crippen molar-refractivity contribution in [1.29, 1.82) is 0 Å². The van der Waals surface area contributed by atoms with Crippen molar-refractivity contribution in [2.24, 2.45) is 7.05 Å². The van der Waals surface area contributed by atoms with Crippen molar-refractivity contribution < 1.29 is 9.53 Å². The molecule has 0 spiro atoms. The first-order valence-corrected chi connectivity index (χ1v) is 8.95. The lowest BCUT2D eigenvalue weighted by molar-refractivity contribution is 0.0500. The molecule has 0 aromatic carbocycles. The van der Waals surface area contributed by atoms with Gasteiger partial charge in [0, 0.05) is 31.9 Å². The highest BCUT2D eigenvalue weighted by atomic mass is 16.6. The molecule has 1 amide bonds. The number of imidazole rings is 1. The molecule has 1 atom stereocenters. The van der Waals surface area contributed by atoms with Crippen molar-refractivity contribution in [2.45, 2.75) is 52.2 Å². The molecule has 2 aromatic rings. The molecule has 0 aliphatic carbocycles. The second-order valence-electron chi connectivity index (χ2n) is 7.90. The zero-order valence-electron chi connectivity index (χ0n) is 16.0. The molecule has 2 N–H and O–H groups in total. The Kier molecular flexibility index (Phi) is 4.68. The van der Waals surface area contributed by atoms with Crippen molar-refractivity contribution in [3.05, 3.63) is 22.2 Å². The van der Waals surface area contributed by atoms with E-state index in [0.29, 0.717) is 12.2 Å². The summed E-state index contributed by atoms with van der Waals surface area (Å²) in [6, 6.07) is 1.98. The van der Waals surface area contributed by atoms with Crippen LogP contribution >= 0.6 is 0 Å². The molecular formula is C18H27N5O3. The Morgan fingerprint density at radius 3 is 2.85 bits per heavy atom. The predicted molar refractivity (Wildman–Crippen MR) is 101 cm³/mol. The SMILES string of the molecule is Cc1cc(N2CCCC(NC(=O)OC(C)(C)C)C2)c2[nH]c(=O)n(C)c2n1. The molecule has 0 bridgehead atoms. The number of alkyl carbamates (subject to hydrolysis) is 1. The van der Waals surface area contributed by atoms with E-state index in [-0.39, 0.29) is 11.7 Å². The Morgan fingerprint density at radius 1 is 1.42 bits per heavy atom. The second-order valence-corrected chi connectivity index (χ2v) is 7.90. The van der Waals surface area contributed by atoms with Crippen LogP contribution in [0.4, 0.5) is 10.5 Å². The van der Waals surface area contributed by atoms with E-state index in [4.69, 9.17) is 4.74 Å². The number of aromatic amines is 1. The van der Waals surface area contributed by atoms with Crippen molar-refractivity contribution >= 4 is 22.9 Å². The minimum Gasteiger partial charge on any atom is -0.444 e. The number of nitrogens with one attached hydrogen (secondary N) is 2. The summed E-state index contributed by atoms with van der Waals surface area (Å²) >= 11 is 0.